The van der Waals surface area contributed by atoms with Crippen molar-refractivity contribution >= 4 is 43.1 Å². The van der Waals surface area contributed by atoms with Crippen LogP contribution in [-0.2, 0) is 0 Å². The summed E-state index contributed by atoms with van der Waals surface area (Å²) in [7, 11) is 0. The molecule has 0 aliphatic carbocycles. The molecular formula is C52H34. The van der Waals surface area contributed by atoms with Gasteiger partial charge in [-0.15, -0.1) is 0 Å². The van der Waals surface area contributed by atoms with E-state index >= 15 is 0 Å². The molecule has 0 amide bonds. The normalized spacial score (nSPS) is 11.5. The summed E-state index contributed by atoms with van der Waals surface area (Å²) in [4.78, 5) is 0. The lowest BCUT2D eigenvalue weighted by Crippen LogP contribution is -1.93. The smallest absolute Gasteiger partial charge is 0.00201 e. The minimum Gasteiger partial charge on any atom is -0.0622 e. The Morgan fingerprint density at radius 2 is 0.673 bits per heavy atom. The van der Waals surface area contributed by atoms with Crippen molar-refractivity contribution in [1.29, 1.82) is 0 Å². The van der Waals surface area contributed by atoms with Gasteiger partial charge in [-0.05, 0) is 117 Å². The molecule has 0 radical (unpaired) electrons. The largest absolute Gasteiger partial charge is 0.0622 e. The van der Waals surface area contributed by atoms with Crippen LogP contribution in [0.4, 0.5) is 0 Å². The minimum atomic E-state index is 1.21. The zero-order valence-electron chi connectivity index (χ0n) is 28.6. The van der Waals surface area contributed by atoms with Gasteiger partial charge in [0, 0.05) is 0 Å². The van der Waals surface area contributed by atoms with E-state index in [0.717, 1.165) is 0 Å². The summed E-state index contributed by atoms with van der Waals surface area (Å²) >= 11 is 0. The summed E-state index contributed by atoms with van der Waals surface area (Å²) in [5.41, 5.74) is 12.3. The topological polar surface area (TPSA) is 0 Å². The molecule has 52 heavy (non-hydrogen) atoms. The second-order valence-electron chi connectivity index (χ2n) is 13.7. The average Bonchev–Trinajstić information content (AvgIpc) is 3.23. The molecule has 242 valence electrons. The van der Waals surface area contributed by atoms with E-state index < -0.39 is 0 Å². The zero-order valence-corrected chi connectivity index (χ0v) is 28.6. The average molecular weight is 659 g/mol. The first-order valence-electron chi connectivity index (χ1n) is 18.0. The predicted molar refractivity (Wildman–Crippen MR) is 224 cm³/mol. The zero-order chi connectivity index (χ0) is 34.4. The van der Waals surface area contributed by atoms with Crippen LogP contribution in [0.3, 0.4) is 0 Å². The van der Waals surface area contributed by atoms with E-state index in [1.165, 1.54) is 98.7 Å². The van der Waals surface area contributed by atoms with Crippen molar-refractivity contribution in [2.75, 3.05) is 0 Å². The summed E-state index contributed by atoms with van der Waals surface area (Å²) in [5, 5.41) is 10.1. The van der Waals surface area contributed by atoms with Crippen LogP contribution in [0.2, 0.25) is 0 Å². The second kappa shape index (κ2) is 12.5. The van der Waals surface area contributed by atoms with Gasteiger partial charge in [0.25, 0.3) is 0 Å². The van der Waals surface area contributed by atoms with E-state index in [1.807, 2.05) is 0 Å². The number of hydrogen-bond donors (Lipinski definition) is 0. The minimum absolute atomic E-state index is 1.21. The molecule has 0 nitrogen and oxygen atoms in total. The number of hydrogen-bond acceptors (Lipinski definition) is 0. The number of rotatable bonds is 5. The molecule has 0 unspecified atom stereocenters. The molecule has 10 aromatic carbocycles. The Kier molecular flexibility index (Phi) is 7.25. The Hall–Kier alpha value is -6.76. The van der Waals surface area contributed by atoms with Gasteiger partial charge in [-0.25, -0.2) is 0 Å². The monoisotopic (exact) mass is 658 g/mol. The maximum atomic E-state index is 2.42. The van der Waals surface area contributed by atoms with Gasteiger partial charge >= 0.3 is 0 Å². The lowest BCUT2D eigenvalue weighted by atomic mass is 9.83. The van der Waals surface area contributed by atoms with Crippen LogP contribution < -0.4 is 0 Å². The predicted octanol–water partition coefficient (Wildman–Crippen LogP) is 14.6. The summed E-state index contributed by atoms with van der Waals surface area (Å²) < 4.78 is 0. The third-order valence-corrected chi connectivity index (χ3v) is 10.6. The van der Waals surface area contributed by atoms with Gasteiger partial charge in [-0.2, -0.15) is 0 Å². The third-order valence-electron chi connectivity index (χ3n) is 10.6. The Labute approximate surface area is 303 Å². The molecule has 0 heterocycles. The van der Waals surface area contributed by atoms with Crippen LogP contribution in [-0.4, -0.2) is 0 Å². The molecule has 0 aromatic heterocycles. The van der Waals surface area contributed by atoms with E-state index in [1.54, 1.807) is 0 Å². The van der Waals surface area contributed by atoms with Gasteiger partial charge in [0.2, 0.25) is 0 Å². The number of benzene rings is 10. The lowest BCUT2D eigenvalue weighted by molar-refractivity contribution is 1.60. The summed E-state index contributed by atoms with van der Waals surface area (Å²) in [5.74, 6) is 0. The first-order valence-corrected chi connectivity index (χ1v) is 18.0. The molecule has 0 bridgehead atoms. The molecule has 0 fully saturated rings. The molecule has 10 aromatic rings. The maximum absolute atomic E-state index is 2.42. The summed E-state index contributed by atoms with van der Waals surface area (Å²) in [6.45, 7) is 0. The highest BCUT2D eigenvalue weighted by Crippen LogP contribution is 2.46. The van der Waals surface area contributed by atoms with E-state index in [9.17, 15) is 0 Å². The van der Waals surface area contributed by atoms with Crippen LogP contribution in [0.25, 0.3) is 98.7 Å². The van der Waals surface area contributed by atoms with Crippen LogP contribution in [0, 0.1) is 0 Å². The summed E-state index contributed by atoms with van der Waals surface area (Å²) in [6, 6.07) is 75.6. The highest BCUT2D eigenvalue weighted by atomic mass is 14.2. The van der Waals surface area contributed by atoms with Crippen molar-refractivity contribution in [3.05, 3.63) is 206 Å². The molecule has 0 aliphatic heterocycles. The lowest BCUT2D eigenvalue weighted by Gasteiger charge is -2.20. The SMILES string of the molecule is c1ccc(-c2cccc(-c3ccc4c(-c5cccc6ccccc56)c5ccccc5c(-c5ccc(-c6ccc7ccccc7c6)cc5)c4c3)c2)cc1. The van der Waals surface area contributed by atoms with Crippen molar-refractivity contribution in [2.24, 2.45) is 0 Å². The van der Waals surface area contributed by atoms with Gasteiger partial charge in [0.05, 0.1) is 0 Å². The highest BCUT2D eigenvalue weighted by molar-refractivity contribution is 6.24. The Morgan fingerprint density at radius 3 is 1.48 bits per heavy atom. The van der Waals surface area contributed by atoms with Crippen molar-refractivity contribution in [1.82, 2.24) is 0 Å². The molecule has 0 atom stereocenters. The highest BCUT2D eigenvalue weighted by Gasteiger charge is 2.19. The van der Waals surface area contributed by atoms with Crippen LogP contribution in [0.15, 0.2) is 206 Å². The van der Waals surface area contributed by atoms with E-state index in [2.05, 4.69) is 206 Å². The third kappa shape index (κ3) is 5.16. The Bertz CT molecular complexity index is 2930. The number of fused-ring (bicyclic) bond motifs is 4. The molecule has 0 heteroatoms. The van der Waals surface area contributed by atoms with E-state index in [0.29, 0.717) is 0 Å². The van der Waals surface area contributed by atoms with Crippen LogP contribution in [0.5, 0.6) is 0 Å². The van der Waals surface area contributed by atoms with Crippen LogP contribution in [0.1, 0.15) is 0 Å². The van der Waals surface area contributed by atoms with Crippen molar-refractivity contribution in [3.63, 3.8) is 0 Å². The molecule has 0 N–H and O–H groups in total. The van der Waals surface area contributed by atoms with Crippen molar-refractivity contribution in [3.8, 4) is 55.6 Å². The molecule has 0 saturated heterocycles. The fourth-order valence-corrected chi connectivity index (χ4v) is 8.11. The molecule has 0 saturated carbocycles. The fourth-order valence-electron chi connectivity index (χ4n) is 8.11. The van der Waals surface area contributed by atoms with Crippen molar-refractivity contribution < 1.29 is 0 Å². The fraction of sp³-hybridized carbons (Fsp3) is 0. The Morgan fingerprint density at radius 1 is 0.192 bits per heavy atom. The standard InChI is InChI=1S/C52H34/c1-2-12-35(13-3-1)41-18-10-19-42(32-41)44-30-31-49-50(34-44)51(39-27-24-37(25-28-39)43-29-26-36-14-4-5-16-40(36)33-43)47-21-8-9-22-48(47)52(49)46-23-11-17-38-15-6-7-20-45(38)46/h1-34H. The molecule has 10 rings (SSSR count). The maximum Gasteiger partial charge on any atom is -0.00201 e. The van der Waals surface area contributed by atoms with Gasteiger partial charge in [-0.1, -0.05) is 188 Å². The van der Waals surface area contributed by atoms with E-state index in [-0.39, 0.29) is 0 Å². The second-order valence-corrected chi connectivity index (χ2v) is 13.7. The summed E-state index contributed by atoms with van der Waals surface area (Å²) in [6.07, 6.45) is 0. The Balaban J connectivity index is 1.22. The first-order chi connectivity index (χ1) is 25.8. The molecular weight excluding hydrogens is 625 g/mol. The van der Waals surface area contributed by atoms with Gasteiger partial charge in [-0.3, -0.25) is 0 Å². The van der Waals surface area contributed by atoms with Gasteiger partial charge < -0.3 is 0 Å². The van der Waals surface area contributed by atoms with E-state index in [4.69, 9.17) is 0 Å². The quantitative estimate of drug-likeness (QED) is 0.161. The van der Waals surface area contributed by atoms with Crippen molar-refractivity contribution in [2.45, 2.75) is 0 Å². The molecule has 0 aliphatic rings. The van der Waals surface area contributed by atoms with Gasteiger partial charge in [0.1, 0.15) is 0 Å². The molecule has 0 spiro atoms. The first kappa shape index (κ1) is 30.1. The van der Waals surface area contributed by atoms with Crippen LogP contribution >= 0.6 is 0 Å². The van der Waals surface area contributed by atoms with Gasteiger partial charge in [0.15, 0.2) is 0 Å².